The van der Waals surface area contributed by atoms with Gasteiger partial charge in [0.15, 0.2) is 0 Å². The highest BCUT2D eigenvalue weighted by atomic mass is 79.9. The van der Waals surface area contributed by atoms with Gasteiger partial charge in [-0.3, -0.25) is 4.79 Å². The van der Waals surface area contributed by atoms with Gasteiger partial charge in [0, 0.05) is 22.8 Å². The first-order valence-electron chi connectivity index (χ1n) is 5.67. The standard InChI is InChI=1S/C12H16BrNOS/c13-6-9-2-1-3-10(9)7-14-12(15)11-4-5-16-8-11/h4-5,8-10H,1-3,6-7H2,(H,14,15). The number of amides is 1. The maximum absolute atomic E-state index is 11.7. The van der Waals surface area contributed by atoms with Crippen molar-refractivity contribution in [1.29, 1.82) is 0 Å². The lowest BCUT2D eigenvalue weighted by Gasteiger charge is -2.17. The number of thiophene rings is 1. The van der Waals surface area contributed by atoms with E-state index >= 15 is 0 Å². The number of nitrogens with one attached hydrogen (secondary N) is 1. The number of rotatable bonds is 4. The lowest BCUT2D eigenvalue weighted by atomic mass is 9.98. The third-order valence-corrected chi connectivity index (χ3v) is 4.84. The zero-order chi connectivity index (χ0) is 11.4. The Bertz CT molecular complexity index is 339. The van der Waals surface area contributed by atoms with Crippen LogP contribution in [0.1, 0.15) is 29.6 Å². The van der Waals surface area contributed by atoms with Crippen LogP contribution in [0, 0.1) is 11.8 Å². The van der Waals surface area contributed by atoms with Gasteiger partial charge in [0.2, 0.25) is 0 Å². The SMILES string of the molecule is O=C(NCC1CCCC1CBr)c1ccsc1. The first-order valence-corrected chi connectivity index (χ1v) is 7.74. The van der Waals surface area contributed by atoms with Crippen LogP contribution >= 0.6 is 27.3 Å². The summed E-state index contributed by atoms with van der Waals surface area (Å²) in [6.45, 7) is 0.824. The number of carbonyl (C=O) groups excluding carboxylic acids is 1. The summed E-state index contributed by atoms with van der Waals surface area (Å²) in [7, 11) is 0. The van der Waals surface area contributed by atoms with E-state index in [1.165, 1.54) is 19.3 Å². The molecular weight excluding hydrogens is 286 g/mol. The fourth-order valence-corrected chi connectivity index (χ4v) is 3.79. The second-order valence-electron chi connectivity index (χ2n) is 4.33. The Morgan fingerprint density at radius 2 is 2.31 bits per heavy atom. The normalized spacial score (nSPS) is 24.6. The summed E-state index contributed by atoms with van der Waals surface area (Å²) in [6, 6.07) is 1.87. The fraction of sp³-hybridized carbons (Fsp3) is 0.583. The van der Waals surface area contributed by atoms with E-state index in [1.54, 1.807) is 11.3 Å². The van der Waals surface area contributed by atoms with Gasteiger partial charge in [-0.25, -0.2) is 0 Å². The largest absolute Gasteiger partial charge is 0.352 e. The Hall–Kier alpha value is -0.350. The van der Waals surface area contributed by atoms with E-state index in [2.05, 4.69) is 21.2 Å². The molecule has 0 aliphatic heterocycles. The molecule has 2 rings (SSSR count). The van der Waals surface area contributed by atoms with E-state index < -0.39 is 0 Å². The maximum atomic E-state index is 11.7. The van der Waals surface area contributed by atoms with Crippen molar-refractivity contribution in [2.75, 3.05) is 11.9 Å². The van der Waals surface area contributed by atoms with Gasteiger partial charge in [-0.05, 0) is 36.1 Å². The average molecular weight is 302 g/mol. The van der Waals surface area contributed by atoms with Crippen molar-refractivity contribution in [3.8, 4) is 0 Å². The molecule has 1 amide bonds. The first-order chi connectivity index (χ1) is 7.81. The number of hydrogen-bond donors (Lipinski definition) is 1. The van der Waals surface area contributed by atoms with Crippen LogP contribution in [0.15, 0.2) is 16.8 Å². The van der Waals surface area contributed by atoms with E-state index in [-0.39, 0.29) is 5.91 Å². The quantitative estimate of drug-likeness (QED) is 0.850. The first kappa shape index (κ1) is 12.1. The monoisotopic (exact) mass is 301 g/mol. The molecule has 0 bridgehead atoms. The molecule has 0 aromatic carbocycles. The number of alkyl halides is 1. The minimum Gasteiger partial charge on any atom is -0.352 e. The molecule has 1 fully saturated rings. The highest BCUT2D eigenvalue weighted by molar-refractivity contribution is 9.09. The fourth-order valence-electron chi connectivity index (χ4n) is 2.31. The molecule has 2 nitrogen and oxygen atoms in total. The van der Waals surface area contributed by atoms with Crippen molar-refractivity contribution in [3.05, 3.63) is 22.4 Å². The second kappa shape index (κ2) is 5.82. The minimum absolute atomic E-state index is 0.0708. The van der Waals surface area contributed by atoms with Crippen molar-refractivity contribution in [1.82, 2.24) is 5.32 Å². The number of halogens is 1. The van der Waals surface area contributed by atoms with Crippen LogP contribution in [-0.2, 0) is 0 Å². The Balaban J connectivity index is 1.81. The molecule has 1 heterocycles. The van der Waals surface area contributed by atoms with Gasteiger partial charge in [-0.15, -0.1) is 0 Å². The molecule has 1 N–H and O–H groups in total. The van der Waals surface area contributed by atoms with Gasteiger partial charge in [0.1, 0.15) is 0 Å². The van der Waals surface area contributed by atoms with Crippen molar-refractivity contribution >= 4 is 33.2 Å². The average Bonchev–Trinajstić information content (AvgIpc) is 2.96. The van der Waals surface area contributed by atoms with E-state index in [4.69, 9.17) is 0 Å². The molecule has 16 heavy (non-hydrogen) atoms. The van der Waals surface area contributed by atoms with E-state index in [0.29, 0.717) is 5.92 Å². The van der Waals surface area contributed by atoms with E-state index in [1.807, 2.05) is 16.8 Å². The minimum atomic E-state index is 0.0708. The Morgan fingerprint density at radius 1 is 1.50 bits per heavy atom. The van der Waals surface area contributed by atoms with Crippen LogP contribution < -0.4 is 5.32 Å². The third kappa shape index (κ3) is 2.86. The molecule has 2 unspecified atom stereocenters. The molecule has 1 saturated carbocycles. The van der Waals surface area contributed by atoms with Gasteiger partial charge in [-0.2, -0.15) is 11.3 Å². The summed E-state index contributed by atoms with van der Waals surface area (Å²) >= 11 is 5.11. The summed E-state index contributed by atoms with van der Waals surface area (Å²) in [5, 5.41) is 7.93. The topological polar surface area (TPSA) is 29.1 Å². The van der Waals surface area contributed by atoms with Crippen LogP contribution in [0.3, 0.4) is 0 Å². The number of carbonyl (C=O) groups is 1. The van der Waals surface area contributed by atoms with Gasteiger partial charge >= 0.3 is 0 Å². The summed E-state index contributed by atoms with van der Waals surface area (Å²) < 4.78 is 0. The Morgan fingerprint density at radius 3 is 3.00 bits per heavy atom. The maximum Gasteiger partial charge on any atom is 0.252 e. The van der Waals surface area contributed by atoms with Crippen LogP contribution in [-0.4, -0.2) is 17.8 Å². The molecular formula is C12H16BrNOS. The highest BCUT2D eigenvalue weighted by Crippen LogP contribution is 2.32. The zero-order valence-electron chi connectivity index (χ0n) is 9.12. The van der Waals surface area contributed by atoms with Crippen LogP contribution in [0.5, 0.6) is 0 Å². The summed E-state index contributed by atoms with van der Waals surface area (Å²) in [5.41, 5.74) is 0.790. The van der Waals surface area contributed by atoms with Crippen LogP contribution in [0.25, 0.3) is 0 Å². The Labute approximate surface area is 109 Å². The van der Waals surface area contributed by atoms with E-state index in [9.17, 15) is 4.79 Å². The van der Waals surface area contributed by atoms with Crippen molar-refractivity contribution < 1.29 is 4.79 Å². The molecule has 1 aliphatic rings. The van der Waals surface area contributed by atoms with Gasteiger partial charge in [0.05, 0.1) is 0 Å². The molecule has 1 aliphatic carbocycles. The molecule has 0 saturated heterocycles. The van der Waals surface area contributed by atoms with Crippen molar-refractivity contribution in [2.45, 2.75) is 19.3 Å². The molecule has 88 valence electrons. The number of hydrogen-bond acceptors (Lipinski definition) is 2. The predicted octanol–water partition coefficient (Wildman–Crippen LogP) is 3.29. The summed E-state index contributed by atoms with van der Waals surface area (Å²) in [6.07, 6.45) is 3.85. The lowest BCUT2D eigenvalue weighted by molar-refractivity contribution is 0.0945. The van der Waals surface area contributed by atoms with Crippen LogP contribution in [0.4, 0.5) is 0 Å². The smallest absolute Gasteiger partial charge is 0.252 e. The van der Waals surface area contributed by atoms with Crippen molar-refractivity contribution in [3.63, 3.8) is 0 Å². The molecule has 0 radical (unpaired) electrons. The molecule has 1 aromatic rings. The predicted molar refractivity (Wildman–Crippen MR) is 71.3 cm³/mol. The van der Waals surface area contributed by atoms with Gasteiger partial charge in [-0.1, -0.05) is 22.4 Å². The highest BCUT2D eigenvalue weighted by Gasteiger charge is 2.26. The van der Waals surface area contributed by atoms with Gasteiger partial charge < -0.3 is 5.32 Å². The zero-order valence-corrected chi connectivity index (χ0v) is 11.5. The lowest BCUT2D eigenvalue weighted by Crippen LogP contribution is -2.30. The van der Waals surface area contributed by atoms with Gasteiger partial charge in [0.25, 0.3) is 5.91 Å². The molecule has 4 heteroatoms. The summed E-state index contributed by atoms with van der Waals surface area (Å²) in [4.78, 5) is 11.7. The Kier molecular flexibility index (Phi) is 4.41. The van der Waals surface area contributed by atoms with E-state index in [0.717, 1.165) is 23.4 Å². The third-order valence-electron chi connectivity index (χ3n) is 3.32. The summed E-state index contributed by atoms with van der Waals surface area (Å²) in [5.74, 6) is 1.46. The second-order valence-corrected chi connectivity index (χ2v) is 5.75. The molecule has 1 aromatic heterocycles. The van der Waals surface area contributed by atoms with Crippen molar-refractivity contribution in [2.24, 2.45) is 11.8 Å². The molecule has 2 atom stereocenters. The molecule has 0 spiro atoms. The van der Waals surface area contributed by atoms with Crippen LogP contribution in [0.2, 0.25) is 0 Å².